The molecule has 0 saturated heterocycles. The average Bonchev–Trinajstić information content (AvgIpc) is 2.83. The molecular formula is C14H10S2. The van der Waals surface area contributed by atoms with E-state index in [4.69, 9.17) is 0 Å². The third-order valence-corrected chi connectivity index (χ3v) is 5.23. The van der Waals surface area contributed by atoms with E-state index in [1.54, 1.807) is 11.3 Å². The number of benzene rings is 1. The molecule has 0 saturated carbocycles. The minimum atomic E-state index is 1.22. The van der Waals surface area contributed by atoms with E-state index in [2.05, 4.69) is 37.4 Å². The van der Waals surface area contributed by atoms with Crippen molar-refractivity contribution in [1.82, 2.24) is 0 Å². The van der Waals surface area contributed by atoms with Gasteiger partial charge in [-0.3, -0.25) is 0 Å². The molecule has 3 rings (SSSR count). The predicted molar refractivity (Wildman–Crippen MR) is 77.4 cm³/mol. The van der Waals surface area contributed by atoms with Gasteiger partial charge in [0, 0.05) is 20.5 Å². The van der Waals surface area contributed by atoms with E-state index in [9.17, 15) is 0 Å². The normalized spacial score (nSPS) is 11.0. The number of hydrogen-bond acceptors (Lipinski definition) is 2. The molecule has 0 fully saturated rings. The lowest BCUT2D eigenvalue weighted by molar-refractivity contribution is 1.87. The predicted octanol–water partition coefficient (Wildman–Crippen LogP) is 5.40. The van der Waals surface area contributed by atoms with Crippen LogP contribution < -0.4 is 0 Å². The highest BCUT2D eigenvalue weighted by molar-refractivity contribution is 7.33. The van der Waals surface area contributed by atoms with Crippen molar-refractivity contribution in [3.05, 3.63) is 47.9 Å². The smallest absolute Gasteiger partial charge is 0.0542 e. The Labute approximate surface area is 102 Å². The maximum Gasteiger partial charge on any atom is 0.0542 e. The summed E-state index contributed by atoms with van der Waals surface area (Å²) in [6.07, 6.45) is 3.86. The Bertz CT molecular complexity index is 698. The fraction of sp³-hybridized carbons (Fsp3) is 0. The van der Waals surface area contributed by atoms with Crippen LogP contribution in [-0.2, 0) is 0 Å². The van der Waals surface area contributed by atoms with Crippen LogP contribution >= 0.6 is 22.7 Å². The second-order valence-electron chi connectivity index (χ2n) is 3.54. The minimum Gasteiger partial charge on any atom is -0.134 e. The zero-order chi connectivity index (χ0) is 11.1. The molecule has 0 radical (unpaired) electrons. The zero-order valence-electron chi connectivity index (χ0n) is 8.69. The lowest BCUT2D eigenvalue weighted by atomic mass is 10.2. The van der Waals surface area contributed by atoms with Gasteiger partial charge in [-0.2, -0.15) is 0 Å². The van der Waals surface area contributed by atoms with Crippen molar-refractivity contribution >= 4 is 54.3 Å². The molecule has 0 atom stereocenters. The molecule has 2 heterocycles. The van der Waals surface area contributed by atoms with Crippen LogP contribution in [0.2, 0.25) is 0 Å². The molecule has 0 aliphatic carbocycles. The quantitative estimate of drug-likeness (QED) is 0.564. The molecule has 0 aliphatic rings. The van der Waals surface area contributed by atoms with E-state index < -0.39 is 0 Å². The summed E-state index contributed by atoms with van der Waals surface area (Å²) in [7, 11) is 0. The van der Waals surface area contributed by atoms with Crippen molar-refractivity contribution in [2.75, 3.05) is 0 Å². The number of hydrogen-bond donors (Lipinski definition) is 0. The van der Waals surface area contributed by atoms with Gasteiger partial charge in [0.05, 0.1) is 9.40 Å². The number of fused-ring (bicyclic) bond motifs is 3. The summed E-state index contributed by atoms with van der Waals surface area (Å²) in [5.74, 6) is 0. The van der Waals surface area contributed by atoms with Gasteiger partial charge in [-0.15, -0.1) is 22.7 Å². The van der Waals surface area contributed by atoms with Crippen LogP contribution in [0.1, 0.15) is 10.4 Å². The van der Waals surface area contributed by atoms with Crippen LogP contribution in [0.25, 0.3) is 31.6 Å². The Morgan fingerprint density at radius 3 is 2.50 bits per heavy atom. The van der Waals surface area contributed by atoms with Crippen LogP contribution in [0.4, 0.5) is 0 Å². The summed E-state index contributed by atoms with van der Waals surface area (Å²) in [4.78, 5) is 1.22. The molecule has 0 amide bonds. The lowest BCUT2D eigenvalue weighted by Gasteiger charge is -1.89. The maximum atomic E-state index is 3.90. The topological polar surface area (TPSA) is 0 Å². The summed E-state index contributed by atoms with van der Waals surface area (Å²) in [6, 6.07) is 8.54. The van der Waals surface area contributed by atoms with Crippen molar-refractivity contribution in [1.29, 1.82) is 0 Å². The van der Waals surface area contributed by atoms with Crippen LogP contribution in [-0.4, -0.2) is 0 Å². The van der Waals surface area contributed by atoms with Gasteiger partial charge in [-0.1, -0.05) is 43.5 Å². The van der Waals surface area contributed by atoms with Gasteiger partial charge < -0.3 is 0 Å². The monoisotopic (exact) mass is 242 g/mol. The second kappa shape index (κ2) is 3.58. The van der Waals surface area contributed by atoms with E-state index in [1.807, 2.05) is 23.5 Å². The van der Waals surface area contributed by atoms with Crippen molar-refractivity contribution in [3.8, 4) is 0 Å². The van der Waals surface area contributed by atoms with Gasteiger partial charge in [0.25, 0.3) is 0 Å². The molecule has 0 spiro atoms. The molecule has 0 aliphatic heterocycles. The van der Waals surface area contributed by atoms with Gasteiger partial charge in [-0.05, 0) is 6.07 Å². The minimum absolute atomic E-state index is 1.22. The third-order valence-electron chi connectivity index (χ3n) is 2.66. The van der Waals surface area contributed by atoms with Gasteiger partial charge in [-0.25, -0.2) is 0 Å². The first-order valence-corrected chi connectivity index (χ1v) is 6.67. The molecule has 2 heteroatoms. The highest BCUT2D eigenvalue weighted by Crippen LogP contribution is 2.43. The Balaban J connectivity index is 2.54. The van der Waals surface area contributed by atoms with Crippen molar-refractivity contribution < 1.29 is 0 Å². The van der Waals surface area contributed by atoms with Gasteiger partial charge in [0.2, 0.25) is 0 Å². The summed E-state index contributed by atoms with van der Waals surface area (Å²) in [5.41, 5.74) is 1.23. The van der Waals surface area contributed by atoms with E-state index in [0.717, 1.165) is 0 Å². The first-order chi connectivity index (χ1) is 7.85. The second-order valence-corrected chi connectivity index (χ2v) is 5.65. The zero-order valence-corrected chi connectivity index (χ0v) is 10.3. The molecule has 0 nitrogen and oxygen atoms in total. The molecular weight excluding hydrogens is 232 g/mol. The van der Waals surface area contributed by atoms with Gasteiger partial charge >= 0.3 is 0 Å². The molecule has 3 aromatic rings. The SMILES string of the molecule is C=Cc1sc2c(sc3ccccc32)c1C=C. The lowest BCUT2D eigenvalue weighted by Crippen LogP contribution is -1.66. The first-order valence-electron chi connectivity index (χ1n) is 5.04. The molecule has 2 aromatic heterocycles. The van der Waals surface area contributed by atoms with Crippen molar-refractivity contribution in [2.45, 2.75) is 0 Å². The van der Waals surface area contributed by atoms with Crippen LogP contribution in [0.15, 0.2) is 37.4 Å². The van der Waals surface area contributed by atoms with Crippen LogP contribution in [0, 0.1) is 0 Å². The van der Waals surface area contributed by atoms with Crippen molar-refractivity contribution in [3.63, 3.8) is 0 Å². The van der Waals surface area contributed by atoms with E-state index in [0.29, 0.717) is 0 Å². The van der Waals surface area contributed by atoms with Crippen LogP contribution in [0.5, 0.6) is 0 Å². The molecule has 16 heavy (non-hydrogen) atoms. The van der Waals surface area contributed by atoms with E-state index in [1.165, 1.54) is 29.9 Å². The highest BCUT2D eigenvalue weighted by atomic mass is 32.1. The fourth-order valence-corrected chi connectivity index (χ4v) is 4.54. The largest absolute Gasteiger partial charge is 0.134 e. The molecule has 0 N–H and O–H groups in total. The Hall–Kier alpha value is -1.38. The molecule has 1 aromatic carbocycles. The van der Waals surface area contributed by atoms with Crippen molar-refractivity contribution in [2.24, 2.45) is 0 Å². The summed E-state index contributed by atoms with van der Waals surface area (Å²) in [6.45, 7) is 7.76. The molecule has 0 unspecified atom stereocenters. The first kappa shape index (κ1) is 9.82. The third kappa shape index (κ3) is 1.20. The maximum absolute atomic E-state index is 3.90. The van der Waals surface area contributed by atoms with Gasteiger partial charge in [0.15, 0.2) is 0 Å². The Morgan fingerprint density at radius 2 is 1.75 bits per heavy atom. The summed E-state index contributed by atoms with van der Waals surface area (Å²) >= 11 is 3.65. The summed E-state index contributed by atoms with van der Waals surface area (Å²) < 4.78 is 4.06. The van der Waals surface area contributed by atoms with Crippen LogP contribution in [0.3, 0.4) is 0 Å². The van der Waals surface area contributed by atoms with E-state index >= 15 is 0 Å². The Morgan fingerprint density at radius 1 is 0.938 bits per heavy atom. The van der Waals surface area contributed by atoms with E-state index in [-0.39, 0.29) is 0 Å². The fourth-order valence-electron chi connectivity index (χ4n) is 1.92. The molecule has 0 bridgehead atoms. The number of rotatable bonds is 2. The molecule has 78 valence electrons. The Kier molecular flexibility index (Phi) is 2.20. The standard InChI is InChI=1S/C14H10S2/c1-3-9-11(4-2)15-14-10-7-5-6-8-12(10)16-13(9)14/h3-8H,1-2H2. The average molecular weight is 242 g/mol. The summed E-state index contributed by atoms with van der Waals surface area (Å²) in [5, 5.41) is 1.35. The number of thiophene rings is 2. The highest BCUT2D eigenvalue weighted by Gasteiger charge is 2.12. The van der Waals surface area contributed by atoms with Gasteiger partial charge in [0.1, 0.15) is 0 Å².